The van der Waals surface area contributed by atoms with E-state index < -0.39 is 0 Å². The summed E-state index contributed by atoms with van der Waals surface area (Å²) in [5, 5.41) is 10.5. The summed E-state index contributed by atoms with van der Waals surface area (Å²) < 4.78 is 5.89. The molecule has 3 aromatic heterocycles. The maximum Gasteiger partial charge on any atom is 0.257 e. The molecule has 158 valence electrons. The van der Waals surface area contributed by atoms with Crippen LogP contribution in [0.25, 0.3) is 10.8 Å². The Balaban J connectivity index is 1.10. The first-order valence-corrected chi connectivity index (χ1v) is 11.7. The van der Waals surface area contributed by atoms with E-state index in [1.165, 1.54) is 19.4 Å². The number of piperazine rings is 1. The summed E-state index contributed by atoms with van der Waals surface area (Å²) in [5.74, 6) is 3.17. The van der Waals surface area contributed by atoms with E-state index in [0.717, 1.165) is 62.4 Å². The van der Waals surface area contributed by atoms with Gasteiger partial charge >= 0.3 is 0 Å². The molecule has 0 radical (unpaired) electrons. The number of likely N-dealkylation sites (tertiary alicyclic amines) is 1. The minimum Gasteiger partial charge on any atom is -0.419 e. The van der Waals surface area contributed by atoms with Crippen LogP contribution >= 0.6 is 11.3 Å². The van der Waals surface area contributed by atoms with Crippen molar-refractivity contribution in [2.24, 2.45) is 5.92 Å². The average Bonchev–Trinajstić information content (AvgIpc) is 3.47. The van der Waals surface area contributed by atoms with Crippen molar-refractivity contribution in [3.63, 3.8) is 0 Å². The summed E-state index contributed by atoms with van der Waals surface area (Å²) in [4.78, 5) is 13.0. The molecule has 2 aliphatic rings. The van der Waals surface area contributed by atoms with E-state index in [4.69, 9.17) is 4.42 Å². The van der Waals surface area contributed by atoms with Gasteiger partial charge in [-0.2, -0.15) is 0 Å². The number of piperidine rings is 1. The van der Waals surface area contributed by atoms with Crippen LogP contribution in [0.1, 0.15) is 18.7 Å². The second kappa shape index (κ2) is 9.24. The van der Waals surface area contributed by atoms with Crippen LogP contribution in [0.3, 0.4) is 0 Å². The topological polar surface area (TPSA) is 61.5 Å². The normalized spacial score (nSPS) is 21.2. The Morgan fingerprint density at radius 2 is 1.93 bits per heavy atom. The smallest absolute Gasteiger partial charge is 0.257 e. The largest absolute Gasteiger partial charge is 0.419 e. The van der Waals surface area contributed by atoms with Crippen LogP contribution in [0, 0.1) is 5.92 Å². The predicted octanol–water partition coefficient (Wildman–Crippen LogP) is 3.23. The van der Waals surface area contributed by atoms with E-state index in [0.29, 0.717) is 11.8 Å². The third kappa shape index (κ3) is 4.71. The van der Waals surface area contributed by atoms with Crippen molar-refractivity contribution in [1.29, 1.82) is 0 Å². The zero-order valence-electron chi connectivity index (χ0n) is 17.2. The fourth-order valence-corrected chi connectivity index (χ4v) is 5.16. The van der Waals surface area contributed by atoms with Gasteiger partial charge in [0.15, 0.2) is 0 Å². The molecule has 0 bridgehead atoms. The van der Waals surface area contributed by atoms with E-state index in [9.17, 15) is 0 Å². The van der Waals surface area contributed by atoms with Gasteiger partial charge in [0.05, 0.1) is 11.4 Å². The van der Waals surface area contributed by atoms with Crippen molar-refractivity contribution < 1.29 is 4.42 Å². The van der Waals surface area contributed by atoms with Gasteiger partial charge in [-0.1, -0.05) is 12.1 Å². The fourth-order valence-electron chi connectivity index (χ4n) is 4.52. The Morgan fingerprint density at radius 1 is 1.00 bits per heavy atom. The molecular formula is C22H28N6OS. The molecule has 5 heterocycles. The molecule has 0 N–H and O–H groups in total. The van der Waals surface area contributed by atoms with Gasteiger partial charge in [0.1, 0.15) is 5.82 Å². The van der Waals surface area contributed by atoms with Crippen molar-refractivity contribution in [2.45, 2.75) is 19.4 Å². The van der Waals surface area contributed by atoms with Gasteiger partial charge in [-0.05, 0) is 48.9 Å². The quantitative estimate of drug-likeness (QED) is 0.602. The third-order valence-corrected chi connectivity index (χ3v) is 6.88. The zero-order chi connectivity index (χ0) is 20.2. The predicted molar refractivity (Wildman–Crippen MR) is 119 cm³/mol. The Hall–Kier alpha value is -2.29. The molecule has 30 heavy (non-hydrogen) atoms. The highest BCUT2D eigenvalue weighted by Gasteiger charge is 2.25. The van der Waals surface area contributed by atoms with Gasteiger partial charge in [0.25, 0.3) is 5.89 Å². The van der Waals surface area contributed by atoms with E-state index >= 15 is 0 Å². The van der Waals surface area contributed by atoms with Crippen LogP contribution in [0.2, 0.25) is 0 Å². The van der Waals surface area contributed by atoms with E-state index in [1.807, 2.05) is 29.8 Å². The van der Waals surface area contributed by atoms with Gasteiger partial charge in [-0.15, -0.1) is 21.5 Å². The lowest BCUT2D eigenvalue weighted by Gasteiger charge is -2.39. The molecule has 0 aromatic carbocycles. The van der Waals surface area contributed by atoms with E-state index in [2.05, 4.69) is 42.0 Å². The van der Waals surface area contributed by atoms with Crippen molar-refractivity contribution in [3.05, 3.63) is 47.8 Å². The van der Waals surface area contributed by atoms with Crippen molar-refractivity contribution in [2.75, 3.05) is 50.7 Å². The van der Waals surface area contributed by atoms with Crippen LogP contribution in [0.15, 0.2) is 46.3 Å². The molecule has 2 saturated heterocycles. The molecule has 1 atom stereocenters. The Bertz CT molecular complexity index is 907. The Kier molecular flexibility index (Phi) is 6.06. The van der Waals surface area contributed by atoms with Crippen LogP contribution in [-0.4, -0.2) is 70.8 Å². The molecule has 1 unspecified atom stereocenters. The summed E-state index contributed by atoms with van der Waals surface area (Å²) in [6.45, 7) is 8.49. The summed E-state index contributed by atoms with van der Waals surface area (Å²) in [5.41, 5.74) is 0. The minimum absolute atomic E-state index is 0.638. The maximum atomic E-state index is 5.89. The monoisotopic (exact) mass is 424 g/mol. The summed E-state index contributed by atoms with van der Waals surface area (Å²) >= 11 is 1.63. The molecule has 2 aliphatic heterocycles. The molecule has 3 aromatic rings. The first-order valence-electron chi connectivity index (χ1n) is 10.8. The lowest BCUT2D eigenvalue weighted by atomic mass is 9.97. The molecule has 0 amide bonds. The van der Waals surface area contributed by atoms with Crippen molar-refractivity contribution >= 4 is 17.2 Å². The molecule has 0 aliphatic carbocycles. The number of anilines is 1. The number of pyridine rings is 1. The molecule has 8 heteroatoms. The SMILES string of the molecule is c1ccc(N2CCN(CC3CCCN(Cc4nnc(-c5cccs5)o4)C3)CC2)nc1. The molecule has 2 fully saturated rings. The number of rotatable bonds is 6. The van der Waals surface area contributed by atoms with E-state index in [1.54, 1.807) is 11.3 Å². The molecule has 5 rings (SSSR count). The highest BCUT2D eigenvalue weighted by molar-refractivity contribution is 7.13. The summed E-state index contributed by atoms with van der Waals surface area (Å²) in [6, 6.07) is 10.2. The third-order valence-electron chi connectivity index (χ3n) is 6.02. The first kappa shape index (κ1) is 19.7. The molecular weight excluding hydrogens is 396 g/mol. The van der Waals surface area contributed by atoms with Crippen LogP contribution < -0.4 is 4.90 Å². The second-order valence-electron chi connectivity index (χ2n) is 8.20. The highest BCUT2D eigenvalue weighted by atomic mass is 32.1. The number of hydrogen-bond donors (Lipinski definition) is 0. The average molecular weight is 425 g/mol. The Labute approximate surface area is 181 Å². The number of hydrogen-bond acceptors (Lipinski definition) is 8. The standard InChI is InChI=1S/C22H28N6OS/c1-2-8-23-20(7-1)28-12-10-26(11-13-28)15-18-5-3-9-27(16-18)17-21-24-25-22(29-21)19-6-4-14-30-19/h1-2,4,6-8,14,18H,3,5,9-13,15-17H2. The second-order valence-corrected chi connectivity index (χ2v) is 9.14. The molecule has 7 nitrogen and oxygen atoms in total. The zero-order valence-corrected chi connectivity index (χ0v) is 18.0. The van der Waals surface area contributed by atoms with Gasteiger partial charge < -0.3 is 9.32 Å². The number of aromatic nitrogens is 3. The Morgan fingerprint density at radius 3 is 2.73 bits per heavy atom. The molecule has 0 saturated carbocycles. The van der Waals surface area contributed by atoms with Crippen LogP contribution in [0.4, 0.5) is 5.82 Å². The lowest BCUT2D eigenvalue weighted by molar-refractivity contribution is 0.118. The highest BCUT2D eigenvalue weighted by Crippen LogP contribution is 2.25. The summed E-state index contributed by atoms with van der Waals surface area (Å²) in [7, 11) is 0. The summed E-state index contributed by atoms with van der Waals surface area (Å²) in [6.07, 6.45) is 4.43. The maximum absolute atomic E-state index is 5.89. The van der Waals surface area contributed by atoms with Gasteiger partial charge in [0.2, 0.25) is 5.89 Å². The number of nitrogens with zero attached hydrogens (tertiary/aromatic N) is 6. The van der Waals surface area contributed by atoms with Crippen molar-refractivity contribution in [1.82, 2.24) is 25.0 Å². The van der Waals surface area contributed by atoms with Gasteiger partial charge in [0, 0.05) is 45.5 Å². The fraction of sp³-hybridized carbons (Fsp3) is 0.500. The van der Waals surface area contributed by atoms with Gasteiger partial charge in [-0.25, -0.2) is 4.98 Å². The van der Waals surface area contributed by atoms with Gasteiger partial charge in [-0.3, -0.25) is 9.80 Å². The molecule has 0 spiro atoms. The number of thiophene rings is 1. The first-order chi connectivity index (χ1) is 14.8. The van der Waals surface area contributed by atoms with Crippen LogP contribution in [-0.2, 0) is 6.54 Å². The van der Waals surface area contributed by atoms with E-state index in [-0.39, 0.29) is 0 Å². The lowest BCUT2D eigenvalue weighted by Crippen LogP contribution is -2.49. The minimum atomic E-state index is 0.638. The van der Waals surface area contributed by atoms with Crippen molar-refractivity contribution in [3.8, 4) is 10.8 Å². The van der Waals surface area contributed by atoms with Crippen LogP contribution in [0.5, 0.6) is 0 Å².